The zero-order valence-electron chi connectivity index (χ0n) is 15.5. The van der Waals surface area contributed by atoms with Gasteiger partial charge in [-0.25, -0.2) is 4.98 Å². The molecule has 0 unspecified atom stereocenters. The van der Waals surface area contributed by atoms with E-state index >= 15 is 0 Å². The number of anilines is 1. The van der Waals surface area contributed by atoms with Gasteiger partial charge in [0.05, 0.1) is 17.6 Å². The van der Waals surface area contributed by atoms with Crippen LogP contribution < -0.4 is 11.1 Å². The van der Waals surface area contributed by atoms with E-state index in [0.717, 1.165) is 10.5 Å². The molecule has 144 valence electrons. The minimum Gasteiger partial charge on any atom is -0.441 e. The minimum absolute atomic E-state index is 0.151. The summed E-state index contributed by atoms with van der Waals surface area (Å²) in [6.45, 7) is 2.03. The molecule has 1 aromatic heterocycles. The van der Waals surface area contributed by atoms with E-state index in [9.17, 15) is 9.59 Å². The van der Waals surface area contributed by atoms with Crippen molar-refractivity contribution in [2.45, 2.75) is 24.7 Å². The number of aryl methyl sites for hydroxylation is 2. The maximum atomic E-state index is 12.3. The van der Waals surface area contributed by atoms with Crippen LogP contribution in [0.3, 0.4) is 0 Å². The van der Waals surface area contributed by atoms with Crippen LogP contribution in [0, 0.1) is 6.92 Å². The minimum atomic E-state index is -0.403. The largest absolute Gasteiger partial charge is 0.441 e. The van der Waals surface area contributed by atoms with Crippen LogP contribution in [-0.4, -0.2) is 22.6 Å². The topological polar surface area (TPSA) is 98.2 Å². The number of hydrogen-bond donors (Lipinski definition) is 2. The number of carbonyl (C=O) groups is 2. The van der Waals surface area contributed by atoms with Crippen molar-refractivity contribution in [1.29, 1.82) is 0 Å². The number of aromatic nitrogens is 1. The number of benzene rings is 2. The molecule has 0 saturated carbocycles. The quantitative estimate of drug-likeness (QED) is 0.565. The van der Waals surface area contributed by atoms with Gasteiger partial charge in [0.15, 0.2) is 11.7 Å². The molecule has 0 atom stereocenters. The maximum Gasteiger partial charge on any atom is 0.227 e. The summed E-state index contributed by atoms with van der Waals surface area (Å²) in [4.78, 5) is 28.3. The summed E-state index contributed by atoms with van der Waals surface area (Å²) in [7, 11) is 0. The number of hydrogen-bond acceptors (Lipinski definition) is 5. The lowest BCUT2D eigenvalue weighted by Crippen LogP contribution is -2.15. The Morgan fingerprint density at radius 2 is 1.89 bits per heavy atom. The zero-order valence-corrected chi connectivity index (χ0v) is 16.3. The van der Waals surface area contributed by atoms with Crippen molar-refractivity contribution in [3.8, 4) is 11.3 Å². The summed E-state index contributed by atoms with van der Waals surface area (Å²) in [5.74, 6) is 0.803. The van der Waals surface area contributed by atoms with Gasteiger partial charge < -0.3 is 15.5 Å². The Bertz CT molecular complexity index is 967. The van der Waals surface area contributed by atoms with E-state index in [2.05, 4.69) is 10.3 Å². The van der Waals surface area contributed by atoms with Gasteiger partial charge in [0, 0.05) is 23.3 Å². The Balaban J connectivity index is 1.57. The predicted molar refractivity (Wildman–Crippen MR) is 110 cm³/mol. The second kappa shape index (κ2) is 9.23. The molecular formula is C21H21N3O3S. The molecule has 3 aromatic rings. The molecule has 0 bridgehead atoms. The Morgan fingerprint density at radius 1 is 1.14 bits per heavy atom. The van der Waals surface area contributed by atoms with Crippen LogP contribution in [0.4, 0.5) is 5.69 Å². The Kier molecular flexibility index (Phi) is 6.49. The van der Waals surface area contributed by atoms with Crippen molar-refractivity contribution in [2.75, 3.05) is 11.1 Å². The van der Waals surface area contributed by atoms with Crippen LogP contribution >= 0.6 is 11.8 Å². The fourth-order valence-electron chi connectivity index (χ4n) is 2.55. The third-order valence-electron chi connectivity index (χ3n) is 3.99. The monoisotopic (exact) mass is 395 g/mol. The second-order valence-electron chi connectivity index (χ2n) is 6.28. The summed E-state index contributed by atoms with van der Waals surface area (Å²) >= 11 is 1.29. The van der Waals surface area contributed by atoms with Gasteiger partial charge in [-0.3, -0.25) is 9.59 Å². The smallest absolute Gasteiger partial charge is 0.227 e. The number of carbonyl (C=O) groups excluding carboxylic acids is 2. The van der Waals surface area contributed by atoms with E-state index in [4.69, 9.17) is 10.2 Å². The molecule has 6 nitrogen and oxygen atoms in total. The van der Waals surface area contributed by atoms with Crippen LogP contribution in [0.15, 0.2) is 64.0 Å². The first kappa shape index (κ1) is 19.7. The Hall–Kier alpha value is -3.06. The Morgan fingerprint density at radius 3 is 2.64 bits per heavy atom. The normalized spacial score (nSPS) is 10.6. The van der Waals surface area contributed by atoms with Gasteiger partial charge in [-0.1, -0.05) is 42.0 Å². The van der Waals surface area contributed by atoms with Gasteiger partial charge in [-0.2, -0.15) is 0 Å². The number of thioether (sulfide) groups is 1. The van der Waals surface area contributed by atoms with Crippen molar-refractivity contribution < 1.29 is 14.0 Å². The first-order valence-electron chi connectivity index (χ1n) is 8.83. The van der Waals surface area contributed by atoms with E-state index in [-0.39, 0.29) is 18.1 Å². The molecule has 0 radical (unpaired) electrons. The lowest BCUT2D eigenvalue weighted by atomic mass is 10.1. The number of primary amides is 1. The number of amides is 2. The van der Waals surface area contributed by atoms with E-state index in [1.54, 1.807) is 12.3 Å². The number of rotatable bonds is 8. The van der Waals surface area contributed by atoms with Crippen molar-refractivity contribution in [1.82, 2.24) is 4.98 Å². The zero-order chi connectivity index (χ0) is 19.9. The van der Waals surface area contributed by atoms with Crippen molar-refractivity contribution >= 4 is 29.3 Å². The van der Waals surface area contributed by atoms with Crippen molar-refractivity contribution in [3.63, 3.8) is 0 Å². The van der Waals surface area contributed by atoms with E-state index in [1.807, 2.05) is 49.4 Å². The van der Waals surface area contributed by atoms with Gasteiger partial charge >= 0.3 is 0 Å². The highest BCUT2D eigenvalue weighted by atomic mass is 32.2. The van der Waals surface area contributed by atoms with E-state index < -0.39 is 5.91 Å². The lowest BCUT2D eigenvalue weighted by Gasteiger charge is -2.09. The molecule has 0 fully saturated rings. The molecule has 28 heavy (non-hydrogen) atoms. The highest BCUT2D eigenvalue weighted by molar-refractivity contribution is 8.00. The molecule has 3 N–H and O–H groups in total. The average Bonchev–Trinajstić information content (AvgIpc) is 3.15. The SMILES string of the molecule is Cc1ccc(-c2cnc(CCC(=O)Nc3ccccc3SCC(N)=O)o2)cc1. The average molecular weight is 395 g/mol. The van der Waals surface area contributed by atoms with E-state index in [1.165, 1.54) is 17.3 Å². The third kappa shape index (κ3) is 5.47. The van der Waals surface area contributed by atoms with Crippen LogP contribution in [0.25, 0.3) is 11.3 Å². The van der Waals surface area contributed by atoms with Gasteiger partial charge in [0.2, 0.25) is 11.8 Å². The first-order chi connectivity index (χ1) is 13.5. The molecule has 2 aromatic carbocycles. The van der Waals surface area contributed by atoms with Gasteiger partial charge in [0.25, 0.3) is 0 Å². The molecule has 0 aliphatic carbocycles. The molecule has 0 saturated heterocycles. The lowest BCUT2D eigenvalue weighted by molar-refractivity contribution is -0.116. The van der Waals surface area contributed by atoms with Crippen LogP contribution in [0.1, 0.15) is 17.9 Å². The fourth-order valence-corrected chi connectivity index (χ4v) is 3.30. The number of para-hydroxylation sites is 1. The number of nitrogens with two attached hydrogens (primary N) is 1. The molecule has 3 rings (SSSR count). The standard InChI is InChI=1S/C21H21N3O3S/c1-14-6-8-15(9-7-14)17-12-23-21(27-17)11-10-20(26)24-16-4-2-3-5-18(16)28-13-19(22)25/h2-9,12H,10-11,13H2,1H3,(H2,22,25)(H,24,26). The van der Waals surface area contributed by atoms with Gasteiger partial charge in [0.1, 0.15) is 0 Å². The predicted octanol–water partition coefficient (Wildman–Crippen LogP) is 3.80. The van der Waals surface area contributed by atoms with Crippen molar-refractivity contribution in [2.24, 2.45) is 5.73 Å². The Labute approximate surface area is 167 Å². The number of nitrogens with zero attached hydrogens (tertiary/aromatic N) is 1. The summed E-state index contributed by atoms with van der Waals surface area (Å²) in [5.41, 5.74) is 7.98. The molecule has 2 amide bonds. The number of nitrogens with one attached hydrogen (secondary N) is 1. The second-order valence-corrected chi connectivity index (χ2v) is 7.30. The molecule has 1 heterocycles. The number of oxazole rings is 1. The highest BCUT2D eigenvalue weighted by Crippen LogP contribution is 2.27. The summed E-state index contributed by atoms with van der Waals surface area (Å²) in [6.07, 6.45) is 2.31. The molecule has 7 heteroatoms. The van der Waals surface area contributed by atoms with Crippen LogP contribution in [0.5, 0.6) is 0 Å². The maximum absolute atomic E-state index is 12.3. The molecule has 0 spiro atoms. The first-order valence-corrected chi connectivity index (χ1v) is 9.81. The summed E-state index contributed by atoms with van der Waals surface area (Å²) < 4.78 is 5.75. The van der Waals surface area contributed by atoms with Gasteiger partial charge in [-0.05, 0) is 19.1 Å². The van der Waals surface area contributed by atoms with Crippen LogP contribution in [0.2, 0.25) is 0 Å². The van der Waals surface area contributed by atoms with E-state index in [0.29, 0.717) is 23.8 Å². The summed E-state index contributed by atoms with van der Waals surface area (Å²) in [5, 5.41) is 2.87. The van der Waals surface area contributed by atoms with Crippen LogP contribution in [-0.2, 0) is 16.0 Å². The third-order valence-corrected chi connectivity index (χ3v) is 5.08. The summed E-state index contributed by atoms with van der Waals surface area (Å²) in [6, 6.07) is 15.3. The van der Waals surface area contributed by atoms with Gasteiger partial charge in [-0.15, -0.1) is 11.8 Å². The highest BCUT2D eigenvalue weighted by Gasteiger charge is 2.11. The van der Waals surface area contributed by atoms with Crippen molar-refractivity contribution in [3.05, 3.63) is 66.2 Å². The molecule has 0 aliphatic heterocycles. The molecular weight excluding hydrogens is 374 g/mol. The fraction of sp³-hybridized carbons (Fsp3) is 0.190. The molecule has 0 aliphatic rings.